The van der Waals surface area contributed by atoms with Gasteiger partial charge in [-0.2, -0.15) is 4.98 Å². The lowest BCUT2D eigenvalue weighted by molar-refractivity contribution is -0.386. The zero-order valence-electron chi connectivity index (χ0n) is 9.84. The van der Waals surface area contributed by atoms with Crippen LogP contribution in [0.2, 0.25) is 10.0 Å². The number of halogens is 2. The van der Waals surface area contributed by atoms with E-state index in [1.165, 1.54) is 24.3 Å². The number of aromatic nitrogens is 1. The number of ether oxygens (including phenoxy) is 1. The van der Waals surface area contributed by atoms with Crippen LogP contribution in [-0.4, -0.2) is 9.91 Å². The molecule has 2 aromatic rings. The Morgan fingerprint density at radius 1 is 1.30 bits per heavy atom. The molecule has 104 valence electrons. The van der Waals surface area contributed by atoms with E-state index in [0.29, 0.717) is 5.02 Å². The average Bonchev–Trinajstić information content (AvgIpc) is 2.42. The fourth-order valence-electron chi connectivity index (χ4n) is 1.39. The van der Waals surface area contributed by atoms with Crippen LogP contribution in [0.1, 0.15) is 0 Å². The van der Waals surface area contributed by atoms with Crippen molar-refractivity contribution in [1.29, 1.82) is 0 Å². The number of nitrogens with two attached hydrogens (primary N) is 1. The minimum atomic E-state index is -0.624. The monoisotopic (exact) mass is 314 g/mol. The maximum absolute atomic E-state index is 10.9. The van der Waals surface area contributed by atoms with E-state index in [1.54, 1.807) is 6.07 Å². The molecule has 9 heteroatoms. The number of nitrogen functional groups attached to an aromatic ring is 1. The summed E-state index contributed by atoms with van der Waals surface area (Å²) in [5.41, 5.74) is 1.95. The third kappa shape index (κ3) is 3.08. The van der Waals surface area contributed by atoms with Gasteiger partial charge in [0.15, 0.2) is 0 Å². The van der Waals surface area contributed by atoms with Crippen LogP contribution >= 0.6 is 23.2 Å². The molecule has 0 radical (unpaired) electrons. The Labute approximate surface area is 123 Å². The predicted octanol–water partition coefficient (Wildman–Crippen LogP) is 3.37. The number of nitro groups is 1. The van der Waals surface area contributed by atoms with Crippen LogP contribution in [0.3, 0.4) is 0 Å². The second-order valence-corrected chi connectivity index (χ2v) is 4.44. The summed E-state index contributed by atoms with van der Waals surface area (Å²) in [4.78, 5) is 14.2. The Balaban J connectivity index is 2.45. The second kappa shape index (κ2) is 5.91. The molecule has 0 fully saturated rings. The van der Waals surface area contributed by atoms with Crippen molar-refractivity contribution in [2.45, 2.75) is 0 Å². The Bertz CT molecular complexity index is 666. The molecule has 0 amide bonds. The minimum Gasteiger partial charge on any atom is -0.432 e. The Kier molecular flexibility index (Phi) is 4.23. The van der Waals surface area contributed by atoms with Gasteiger partial charge in [-0.1, -0.05) is 23.2 Å². The van der Waals surface area contributed by atoms with Gasteiger partial charge in [-0.3, -0.25) is 10.1 Å². The number of benzene rings is 1. The van der Waals surface area contributed by atoms with Gasteiger partial charge in [0.1, 0.15) is 11.6 Å². The van der Waals surface area contributed by atoms with Crippen molar-refractivity contribution in [3.05, 3.63) is 50.5 Å². The summed E-state index contributed by atoms with van der Waals surface area (Å²) in [6.45, 7) is 0. The highest BCUT2D eigenvalue weighted by atomic mass is 35.5. The normalized spacial score (nSPS) is 10.2. The molecule has 0 aliphatic carbocycles. The van der Waals surface area contributed by atoms with Gasteiger partial charge in [-0.05, 0) is 18.2 Å². The van der Waals surface area contributed by atoms with Crippen molar-refractivity contribution in [3.63, 3.8) is 0 Å². The number of pyridine rings is 1. The van der Waals surface area contributed by atoms with Gasteiger partial charge >= 0.3 is 11.6 Å². The predicted molar refractivity (Wildman–Crippen MR) is 75.2 cm³/mol. The lowest BCUT2D eigenvalue weighted by Crippen LogP contribution is -2.09. The molecule has 0 bridgehead atoms. The van der Waals surface area contributed by atoms with E-state index in [-0.39, 0.29) is 28.2 Å². The van der Waals surface area contributed by atoms with E-state index < -0.39 is 4.92 Å². The molecule has 0 atom stereocenters. The van der Waals surface area contributed by atoms with E-state index in [1.807, 2.05) is 0 Å². The number of nitrogens with one attached hydrogen (secondary N) is 1. The van der Waals surface area contributed by atoms with Gasteiger partial charge in [0.05, 0.1) is 9.95 Å². The van der Waals surface area contributed by atoms with Gasteiger partial charge in [0.2, 0.25) is 0 Å². The molecular formula is C11H8Cl2N4O3. The molecule has 0 aliphatic heterocycles. The van der Waals surface area contributed by atoms with E-state index in [0.717, 1.165) is 0 Å². The fourth-order valence-corrected chi connectivity index (χ4v) is 1.71. The molecule has 0 spiro atoms. The molecule has 0 aliphatic rings. The number of hydrogen-bond acceptors (Lipinski definition) is 6. The molecule has 7 nitrogen and oxygen atoms in total. The van der Waals surface area contributed by atoms with Gasteiger partial charge in [0, 0.05) is 17.2 Å². The molecule has 0 unspecified atom stereocenters. The van der Waals surface area contributed by atoms with Crippen LogP contribution in [0.15, 0.2) is 30.3 Å². The van der Waals surface area contributed by atoms with Crippen molar-refractivity contribution in [3.8, 4) is 11.6 Å². The maximum atomic E-state index is 10.9. The smallest absolute Gasteiger partial charge is 0.331 e. The lowest BCUT2D eigenvalue weighted by Gasteiger charge is -2.08. The highest BCUT2D eigenvalue weighted by molar-refractivity contribution is 6.34. The summed E-state index contributed by atoms with van der Waals surface area (Å²) >= 11 is 11.7. The topological polar surface area (TPSA) is 103 Å². The third-order valence-corrected chi connectivity index (χ3v) is 2.83. The number of nitrogens with zero attached hydrogens (tertiary/aromatic N) is 2. The average molecular weight is 315 g/mol. The van der Waals surface area contributed by atoms with E-state index in [9.17, 15) is 10.1 Å². The standard InChI is InChI=1S/C11H8Cl2N4O3/c12-6-1-2-7(13)9(5-6)20-11-8(17(18)19)3-4-10(15-11)16-14/h1-5H,14H2,(H,15,16). The molecule has 1 aromatic carbocycles. The largest absolute Gasteiger partial charge is 0.432 e. The summed E-state index contributed by atoms with van der Waals surface area (Å²) in [6, 6.07) is 7.07. The maximum Gasteiger partial charge on any atom is 0.331 e. The highest BCUT2D eigenvalue weighted by Crippen LogP contribution is 2.35. The SMILES string of the molecule is NNc1ccc([N+](=O)[O-])c(Oc2cc(Cl)ccc2Cl)n1. The van der Waals surface area contributed by atoms with Crippen LogP contribution < -0.4 is 16.0 Å². The van der Waals surface area contributed by atoms with Crippen LogP contribution in [0.25, 0.3) is 0 Å². The lowest BCUT2D eigenvalue weighted by atomic mass is 10.3. The summed E-state index contributed by atoms with van der Waals surface area (Å²) in [7, 11) is 0. The third-order valence-electron chi connectivity index (χ3n) is 2.28. The first-order valence-corrected chi connectivity index (χ1v) is 6.02. The quantitative estimate of drug-likeness (QED) is 0.509. The first-order valence-electron chi connectivity index (χ1n) is 5.26. The number of hydrogen-bond donors (Lipinski definition) is 2. The number of anilines is 1. The van der Waals surface area contributed by atoms with Crippen molar-refractivity contribution in [2.75, 3.05) is 5.43 Å². The van der Waals surface area contributed by atoms with Crippen LogP contribution in [0.4, 0.5) is 11.5 Å². The molecule has 0 saturated carbocycles. The molecule has 3 N–H and O–H groups in total. The summed E-state index contributed by atoms with van der Waals surface area (Å²) in [5, 5.41) is 11.6. The van der Waals surface area contributed by atoms with Gasteiger partial charge in [-0.25, -0.2) is 5.84 Å². The second-order valence-electron chi connectivity index (χ2n) is 3.60. The van der Waals surface area contributed by atoms with E-state index in [4.69, 9.17) is 33.8 Å². The van der Waals surface area contributed by atoms with Crippen LogP contribution in [0, 0.1) is 10.1 Å². The molecule has 1 aromatic heterocycles. The molecular weight excluding hydrogens is 307 g/mol. The van der Waals surface area contributed by atoms with Crippen molar-refractivity contribution >= 4 is 34.7 Å². The van der Waals surface area contributed by atoms with E-state index in [2.05, 4.69) is 10.4 Å². The van der Waals surface area contributed by atoms with Gasteiger partial charge < -0.3 is 10.2 Å². The minimum absolute atomic E-state index is 0.156. The summed E-state index contributed by atoms with van der Waals surface area (Å²) in [6.07, 6.45) is 0. The highest BCUT2D eigenvalue weighted by Gasteiger charge is 2.19. The first kappa shape index (κ1) is 14.3. The van der Waals surface area contributed by atoms with E-state index >= 15 is 0 Å². The van der Waals surface area contributed by atoms with Crippen LogP contribution in [0.5, 0.6) is 11.6 Å². The molecule has 1 heterocycles. The van der Waals surface area contributed by atoms with Crippen molar-refractivity contribution < 1.29 is 9.66 Å². The molecule has 2 rings (SSSR count). The summed E-state index contributed by atoms with van der Waals surface area (Å²) < 4.78 is 5.36. The Morgan fingerprint density at radius 2 is 2.05 bits per heavy atom. The zero-order chi connectivity index (χ0) is 14.7. The van der Waals surface area contributed by atoms with Crippen molar-refractivity contribution in [1.82, 2.24) is 4.98 Å². The van der Waals surface area contributed by atoms with Gasteiger partial charge in [0.25, 0.3) is 0 Å². The Hall–Kier alpha value is -2.09. The summed E-state index contributed by atoms with van der Waals surface area (Å²) in [5.74, 6) is 5.33. The van der Waals surface area contributed by atoms with Crippen molar-refractivity contribution in [2.24, 2.45) is 5.84 Å². The van der Waals surface area contributed by atoms with Gasteiger partial charge in [-0.15, -0.1) is 0 Å². The first-order chi connectivity index (χ1) is 9.51. The molecule has 20 heavy (non-hydrogen) atoms. The fraction of sp³-hybridized carbons (Fsp3) is 0. The zero-order valence-corrected chi connectivity index (χ0v) is 11.4. The molecule has 0 saturated heterocycles. The number of hydrazine groups is 1. The van der Waals surface area contributed by atoms with Crippen LogP contribution in [-0.2, 0) is 0 Å². The number of rotatable bonds is 4. The Morgan fingerprint density at radius 3 is 2.70 bits per heavy atom.